The Labute approximate surface area is 186 Å². The zero-order valence-corrected chi connectivity index (χ0v) is 17.6. The molecule has 2 amide bonds. The van der Waals surface area contributed by atoms with Gasteiger partial charge < -0.3 is 15.6 Å². The van der Waals surface area contributed by atoms with Crippen LogP contribution in [0, 0.1) is 0 Å². The van der Waals surface area contributed by atoms with Gasteiger partial charge in [-0.05, 0) is 49.8 Å². The van der Waals surface area contributed by atoms with E-state index in [1.165, 1.54) is 0 Å². The molecular formula is C24H26N2O6. The van der Waals surface area contributed by atoms with E-state index in [1.807, 2.05) is 30.3 Å². The third-order valence-electron chi connectivity index (χ3n) is 5.40. The Balaban J connectivity index is 1.43. The van der Waals surface area contributed by atoms with Crippen molar-refractivity contribution >= 4 is 23.8 Å². The van der Waals surface area contributed by atoms with Gasteiger partial charge in [0.1, 0.15) is 6.04 Å². The quantitative estimate of drug-likeness (QED) is 0.313. The van der Waals surface area contributed by atoms with Crippen LogP contribution in [-0.2, 0) is 20.7 Å². The molecule has 0 fully saturated rings. The van der Waals surface area contributed by atoms with Crippen molar-refractivity contribution in [1.82, 2.24) is 4.90 Å². The van der Waals surface area contributed by atoms with Crippen molar-refractivity contribution < 1.29 is 29.0 Å². The second-order valence-electron chi connectivity index (χ2n) is 7.70. The minimum atomic E-state index is -1.33. The van der Waals surface area contributed by atoms with Crippen molar-refractivity contribution in [2.24, 2.45) is 5.73 Å². The molecule has 168 valence electrons. The van der Waals surface area contributed by atoms with Crippen LogP contribution in [-0.4, -0.2) is 52.4 Å². The van der Waals surface area contributed by atoms with Gasteiger partial charge in [-0.15, -0.1) is 0 Å². The molecule has 0 unspecified atom stereocenters. The molecule has 0 saturated heterocycles. The molecule has 8 nitrogen and oxygen atoms in total. The third-order valence-corrected chi connectivity index (χ3v) is 5.40. The summed E-state index contributed by atoms with van der Waals surface area (Å²) in [6.07, 6.45) is 0.413. The van der Waals surface area contributed by atoms with Crippen LogP contribution in [0.4, 0.5) is 0 Å². The molecule has 0 aromatic heterocycles. The highest BCUT2D eigenvalue weighted by Crippen LogP contribution is 2.23. The van der Waals surface area contributed by atoms with Crippen molar-refractivity contribution in [3.05, 3.63) is 71.3 Å². The second kappa shape index (κ2) is 10.7. The van der Waals surface area contributed by atoms with Gasteiger partial charge in [-0.25, -0.2) is 4.79 Å². The van der Waals surface area contributed by atoms with Gasteiger partial charge in [0.15, 0.2) is 6.10 Å². The van der Waals surface area contributed by atoms with Crippen molar-refractivity contribution in [2.75, 3.05) is 6.54 Å². The van der Waals surface area contributed by atoms with Crippen LogP contribution in [0.2, 0.25) is 0 Å². The number of imide groups is 1. The molecule has 0 bridgehead atoms. The number of unbranched alkanes of at least 4 members (excludes halogenated alkanes) is 1. The number of carboxylic acid groups (broad SMARTS) is 1. The van der Waals surface area contributed by atoms with Crippen LogP contribution in [0.5, 0.6) is 0 Å². The van der Waals surface area contributed by atoms with E-state index in [0.29, 0.717) is 36.8 Å². The number of esters is 1. The average Bonchev–Trinajstić information content (AvgIpc) is 3.04. The first kappa shape index (κ1) is 23.1. The van der Waals surface area contributed by atoms with E-state index in [0.717, 1.165) is 10.5 Å². The highest BCUT2D eigenvalue weighted by Gasteiger charge is 2.34. The average molecular weight is 438 g/mol. The molecular weight excluding hydrogens is 412 g/mol. The number of carboxylic acids is 1. The molecule has 1 heterocycles. The molecule has 0 aliphatic carbocycles. The lowest BCUT2D eigenvalue weighted by Gasteiger charge is -2.18. The summed E-state index contributed by atoms with van der Waals surface area (Å²) in [4.78, 5) is 49.6. The lowest BCUT2D eigenvalue weighted by Crippen LogP contribution is -2.38. The Kier molecular flexibility index (Phi) is 7.72. The Morgan fingerprint density at radius 3 is 2.09 bits per heavy atom. The smallest absolute Gasteiger partial charge is 0.345 e. The van der Waals surface area contributed by atoms with Gasteiger partial charge in [0.2, 0.25) is 0 Å². The molecule has 1 aliphatic heterocycles. The van der Waals surface area contributed by atoms with Gasteiger partial charge in [0, 0.05) is 6.54 Å². The molecule has 3 N–H and O–H groups in total. The number of nitrogens with zero attached hydrogens (tertiary/aromatic N) is 1. The number of aryl methyl sites for hydroxylation is 1. The van der Waals surface area contributed by atoms with Crippen molar-refractivity contribution in [3.8, 4) is 0 Å². The molecule has 8 heteroatoms. The summed E-state index contributed by atoms with van der Waals surface area (Å²) in [5.41, 5.74) is 7.65. The first-order chi connectivity index (χ1) is 15.4. The molecule has 2 aromatic carbocycles. The third kappa shape index (κ3) is 5.59. The number of ether oxygens (including phenoxy) is 1. The number of nitrogens with two attached hydrogens (primary N) is 1. The largest absolute Gasteiger partial charge is 0.479 e. The number of rotatable bonds is 11. The lowest BCUT2D eigenvalue weighted by molar-refractivity contribution is -0.165. The monoisotopic (exact) mass is 438 g/mol. The summed E-state index contributed by atoms with van der Waals surface area (Å²) < 4.78 is 5.12. The Morgan fingerprint density at radius 1 is 0.906 bits per heavy atom. The van der Waals surface area contributed by atoms with E-state index < -0.39 is 24.1 Å². The molecule has 0 radical (unpaired) electrons. The summed E-state index contributed by atoms with van der Waals surface area (Å²) in [7, 11) is 0. The van der Waals surface area contributed by atoms with E-state index in [9.17, 15) is 24.3 Å². The van der Waals surface area contributed by atoms with E-state index >= 15 is 0 Å². The van der Waals surface area contributed by atoms with E-state index in [2.05, 4.69) is 0 Å². The normalized spacial score (nSPS) is 14.7. The molecule has 2 aromatic rings. The Bertz CT molecular complexity index is 956. The summed E-state index contributed by atoms with van der Waals surface area (Å²) >= 11 is 0. The Hall–Kier alpha value is -3.52. The van der Waals surface area contributed by atoms with Crippen LogP contribution in [0.25, 0.3) is 0 Å². The number of hydrogen-bond acceptors (Lipinski definition) is 6. The maximum atomic E-state index is 12.4. The van der Waals surface area contributed by atoms with Crippen molar-refractivity contribution in [3.63, 3.8) is 0 Å². The minimum Gasteiger partial charge on any atom is -0.479 e. The van der Waals surface area contributed by atoms with Crippen LogP contribution < -0.4 is 5.73 Å². The summed E-state index contributed by atoms with van der Waals surface area (Å²) in [5.74, 6) is -2.71. The SMILES string of the molecule is N[C@@H](CCc1ccccc1)C(=O)O[C@H](CCCCN1C(=O)c2ccccc2C1=O)C(=O)O. The fourth-order valence-corrected chi connectivity index (χ4v) is 3.59. The van der Waals surface area contributed by atoms with E-state index in [4.69, 9.17) is 10.5 Å². The zero-order chi connectivity index (χ0) is 23.1. The van der Waals surface area contributed by atoms with Crippen LogP contribution in [0.1, 0.15) is 52.0 Å². The molecule has 0 saturated carbocycles. The van der Waals surface area contributed by atoms with E-state index in [1.54, 1.807) is 24.3 Å². The maximum absolute atomic E-state index is 12.4. The minimum absolute atomic E-state index is 0.0651. The number of amides is 2. The van der Waals surface area contributed by atoms with Gasteiger partial charge in [0.05, 0.1) is 11.1 Å². The number of carbonyl (C=O) groups is 4. The standard InChI is InChI=1S/C24H26N2O6/c25-19(14-13-16-8-2-1-3-9-16)24(31)32-20(23(29)30)12-6-7-15-26-21(27)17-10-4-5-11-18(17)22(26)28/h1-5,8-11,19-20H,6-7,12-15,25H2,(H,29,30)/t19-,20+/m0/s1. The van der Waals surface area contributed by atoms with Crippen molar-refractivity contribution in [1.29, 1.82) is 0 Å². The fraction of sp³-hybridized carbons (Fsp3) is 0.333. The lowest BCUT2D eigenvalue weighted by atomic mass is 10.1. The number of carbonyl (C=O) groups excluding carboxylic acids is 3. The number of fused-ring (bicyclic) bond motifs is 1. The van der Waals surface area contributed by atoms with Gasteiger partial charge in [-0.3, -0.25) is 19.3 Å². The summed E-state index contributed by atoms with van der Waals surface area (Å²) in [6, 6.07) is 15.2. The van der Waals surface area contributed by atoms with Gasteiger partial charge in [0.25, 0.3) is 11.8 Å². The summed E-state index contributed by atoms with van der Waals surface area (Å²) in [6.45, 7) is 0.170. The molecule has 32 heavy (non-hydrogen) atoms. The number of hydrogen-bond donors (Lipinski definition) is 2. The number of aliphatic carboxylic acids is 1. The van der Waals surface area contributed by atoms with Crippen LogP contribution in [0.3, 0.4) is 0 Å². The molecule has 0 spiro atoms. The maximum Gasteiger partial charge on any atom is 0.345 e. The molecule has 2 atom stereocenters. The van der Waals surface area contributed by atoms with E-state index in [-0.39, 0.29) is 24.8 Å². The topological polar surface area (TPSA) is 127 Å². The predicted octanol–water partition coefficient (Wildman–Crippen LogP) is 2.41. The first-order valence-electron chi connectivity index (χ1n) is 10.6. The van der Waals surface area contributed by atoms with Gasteiger partial charge >= 0.3 is 11.9 Å². The van der Waals surface area contributed by atoms with Crippen LogP contribution in [0.15, 0.2) is 54.6 Å². The van der Waals surface area contributed by atoms with Gasteiger partial charge in [-0.1, -0.05) is 42.5 Å². The fourth-order valence-electron chi connectivity index (χ4n) is 3.59. The summed E-state index contributed by atoms with van der Waals surface area (Å²) in [5, 5.41) is 9.39. The van der Waals surface area contributed by atoms with Gasteiger partial charge in [-0.2, -0.15) is 0 Å². The highest BCUT2D eigenvalue weighted by molar-refractivity contribution is 6.21. The molecule has 1 aliphatic rings. The van der Waals surface area contributed by atoms with Crippen LogP contribution >= 0.6 is 0 Å². The first-order valence-corrected chi connectivity index (χ1v) is 10.6. The zero-order valence-electron chi connectivity index (χ0n) is 17.6. The highest BCUT2D eigenvalue weighted by atomic mass is 16.6. The second-order valence-corrected chi connectivity index (χ2v) is 7.70. The number of benzene rings is 2. The molecule has 3 rings (SSSR count). The van der Waals surface area contributed by atoms with Crippen molar-refractivity contribution in [2.45, 2.75) is 44.2 Å². The predicted molar refractivity (Wildman–Crippen MR) is 116 cm³/mol. The Morgan fingerprint density at radius 2 is 1.50 bits per heavy atom.